The summed E-state index contributed by atoms with van der Waals surface area (Å²) in [5.41, 5.74) is 7.05. The van der Waals surface area contributed by atoms with Crippen LogP contribution in [0.1, 0.15) is 5.56 Å². The molecule has 4 nitrogen and oxygen atoms in total. The van der Waals surface area contributed by atoms with E-state index >= 15 is 0 Å². The molecule has 0 aliphatic heterocycles. The fourth-order valence-electron chi connectivity index (χ4n) is 2.06. The molecule has 0 aliphatic rings. The molecule has 0 bridgehead atoms. The molecule has 3 aromatic rings. The highest BCUT2D eigenvalue weighted by atomic mass is 19.1. The molecule has 0 amide bonds. The Morgan fingerprint density at radius 2 is 1.95 bits per heavy atom. The van der Waals surface area contributed by atoms with E-state index in [1.807, 2.05) is 0 Å². The molecular formula is C14H11FN2O2. The Hall–Kier alpha value is -2.56. The molecule has 2 N–H and O–H groups in total. The quantitative estimate of drug-likeness (QED) is 0.718. The van der Waals surface area contributed by atoms with Gasteiger partial charge in [-0.25, -0.2) is 9.18 Å². The van der Waals surface area contributed by atoms with Gasteiger partial charge in [0.1, 0.15) is 0 Å². The van der Waals surface area contributed by atoms with Gasteiger partial charge in [0.15, 0.2) is 11.4 Å². The predicted octanol–water partition coefficient (Wildman–Crippen LogP) is 2.36. The van der Waals surface area contributed by atoms with Gasteiger partial charge in [-0.15, -0.1) is 0 Å². The Morgan fingerprint density at radius 1 is 1.16 bits per heavy atom. The molecule has 0 radical (unpaired) electrons. The van der Waals surface area contributed by atoms with E-state index in [1.165, 1.54) is 10.6 Å². The van der Waals surface area contributed by atoms with Gasteiger partial charge in [0.05, 0.1) is 17.7 Å². The number of fused-ring (bicyclic) bond motifs is 1. The maximum absolute atomic E-state index is 13.9. The summed E-state index contributed by atoms with van der Waals surface area (Å²) in [4.78, 5) is 11.8. The molecule has 5 heteroatoms. The van der Waals surface area contributed by atoms with Crippen LogP contribution in [0.15, 0.2) is 51.7 Å². The molecule has 96 valence electrons. The van der Waals surface area contributed by atoms with Gasteiger partial charge in [-0.3, -0.25) is 4.57 Å². The zero-order chi connectivity index (χ0) is 13.4. The molecule has 2 aromatic carbocycles. The molecule has 0 fully saturated rings. The van der Waals surface area contributed by atoms with E-state index in [2.05, 4.69) is 0 Å². The molecule has 0 spiro atoms. The maximum atomic E-state index is 13.9. The van der Waals surface area contributed by atoms with Crippen LogP contribution in [0.3, 0.4) is 0 Å². The van der Waals surface area contributed by atoms with Gasteiger partial charge in [-0.1, -0.05) is 24.3 Å². The Bertz CT molecular complexity index is 805. The number of halogens is 1. The molecule has 0 unspecified atom stereocenters. The van der Waals surface area contributed by atoms with E-state index in [1.54, 1.807) is 36.4 Å². The number of anilines is 1. The van der Waals surface area contributed by atoms with E-state index in [9.17, 15) is 9.18 Å². The van der Waals surface area contributed by atoms with Crippen LogP contribution in [0, 0.1) is 5.82 Å². The van der Waals surface area contributed by atoms with Crippen LogP contribution in [0.5, 0.6) is 0 Å². The predicted molar refractivity (Wildman–Crippen MR) is 70.4 cm³/mol. The second-order valence-corrected chi connectivity index (χ2v) is 4.24. The van der Waals surface area contributed by atoms with Crippen LogP contribution in [-0.4, -0.2) is 4.57 Å². The van der Waals surface area contributed by atoms with Crippen molar-refractivity contribution in [2.45, 2.75) is 6.54 Å². The second-order valence-electron chi connectivity index (χ2n) is 4.24. The Morgan fingerprint density at radius 3 is 2.79 bits per heavy atom. The molecule has 0 saturated heterocycles. The number of hydrogen-bond donors (Lipinski definition) is 1. The van der Waals surface area contributed by atoms with Crippen LogP contribution in [0.4, 0.5) is 10.1 Å². The molecule has 0 atom stereocenters. The lowest BCUT2D eigenvalue weighted by Crippen LogP contribution is -2.16. The smallest absolute Gasteiger partial charge is 0.408 e. The van der Waals surface area contributed by atoms with Crippen LogP contribution in [0.2, 0.25) is 0 Å². The summed E-state index contributed by atoms with van der Waals surface area (Å²) in [5, 5.41) is 0. The van der Waals surface area contributed by atoms with E-state index in [4.69, 9.17) is 10.2 Å². The topological polar surface area (TPSA) is 61.2 Å². The monoisotopic (exact) mass is 258 g/mol. The summed E-state index contributed by atoms with van der Waals surface area (Å²) in [6.45, 7) is 0.0900. The van der Waals surface area contributed by atoms with Crippen molar-refractivity contribution < 1.29 is 8.81 Å². The number of benzene rings is 2. The number of nitrogens with two attached hydrogens (primary N) is 1. The first kappa shape index (κ1) is 11.5. The summed E-state index contributed by atoms with van der Waals surface area (Å²) in [6, 6.07) is 11.8. The van der Waals surface area contributed by atoms with Crippen LogP contribution < -0.4 is 11.5 Å². The second kappa shape index (κ2) is 4.28. The number of oxazole rings is 1. The minimum Gasteiger partial charge on any atom is -0.408 e. The fourth-order valence-corrected chi connectivity index (χ4v) is 2.06. The Balaban J connectivity index is 2.13. The highest BCUT2D eigenvalue weighted by Gasteiger charge is 2.12. The largest absolute Gasteiger partial charge is 0.420 e. The number of hydrogen-bond acceptors (Lipinski definition) is 3. The zero-order valence-corrected chi connectivity index (χ0v) is 9.97. The maximum Gasteiger partial charge on any atom is 0.420 e. The number of nitrogen functional groups attached to an aromatic ring is 1. The standard InChI is InChI=1S/C14H11FN2O2/c15-13-9(4-3-5-10(13)16)8-17-11-6-1-2-7-12(11)19-14(17)18/h1-7H,8,16H2. The lowest BCUT2D eigenvalue weighted by molar-refractivity contribution is 0.512. The molecule has 1 heterocycles. The number of nitrogens with zero attached hydrogens (tertiary/aromatic N) is 1. The van der Waals surface area contributed by atoms with Gasteiger partial charge in [0.2, 0.25) is 0 Å². The Labute approximate surface area is 107 Å². The van der Waals surface area contributed by atoms with Gasteiger partial charge in [0, 0.05) is 5.56 Å². The average Bonchev–Trinajstić information content (AvgIpc) is 2.72. The van der Waals surface area contributed by atoms with Crippen LogP contribution >= 0.6 is 0 Å². The highest BCUT2D eigenvalue weighted by molar-refractivity contribution is 5.72. The molecular weight excluding hydrogens is 247 g/mol. The van der Waals surface area contributed by atoms with Crippen molar-refractivity contribution in [3.63, 3.8) is 0 Å². The first-order valence-electron chi connectivity index (χ1n) is 5.78. The summed E-state index contributed by atoms with van der Waals surface area (Å²) in [5.74, 6) is -1.01. The number of aromatic nitrogens is 1. The molecule has 19 heavy (non-hydrogen) atoms. The number of para-hydroxylation sites is 2. The summed E-state index contributed by atoms with van der Waals surface area (Å²) in [7, 11) is 0. The van der Waals surface area contributed by atoms with Gasteiger partial charge in [0.25, 0.3) is 0 Å². The normalized spacial score (nSPS) is 11.0. The van der Waals surface area contributed by atoms with Crippen molar-refractivity contribution >= 4 is 16.8 Å². The average molecular weight is 258 g/mol. The van der Waals surface area contributed by atoms with E-state index in [-0.39, 0.29) is 12.2 Å². The SMILES string of the molecule is Nc1cccc(Cn2c(=O)oc3ccccc32)c1F. The van der Waals surface area contributed by atoms with E-state index in [0.29, 0.717) is 16.7 Å². The molecule has 0 aliphatic carbocycles. The van der Waals surface area contributed by atoms with Crippen LogP contribution in [0.25, 0.3) is 11.1 Å². The Kier molecular flexibility index (Phi) is 2.59. The van der Waals surface area contributed by atoms with Crippen molar-refractivity contribution in [2.75, 3.05) is 5.73 Å². The molecule has 1 aromatic heterocycles. The fraction of sp³-hybridized carbons (Fsp3) is 0.0714. The third kappa shape index (κ3) is 1.89. The first-order valence-corrected chi connectivity index (χ1v) is 5.78. The van der Waals surface area contributed by atoms with E-state index in [0.717, 1.165) is 0 Å². The van der Waals surface area contributed by atoms with Crippen molar-refractivity contribution in [3.8, 4) is 0 Å². The van der Waals surface area contributed by atoms with Gasteiger partial charge in [-0.05, 0) is 18.2 Å². The summed E-state index contributed by atoms with van der Waals surface area (Å²) in [6.07, 6.45) is 0. The molecule has 3 rings (SSSR count). The van der Waals surface area contributed by atoms with Gasteiger partial charge < -0.3 is 10.2 Å². The third-order valence-corrected chi connectivity index (χ3v) is 3.01. The lowest BCUT2D eigenvalue weighted by atomic mass is 10.2. The third-order valence-electron chi connectivity index (χ3n) is 3.01. The van der Waals surface area contributed by atoms with E-state index < -0.39 is 11.6 Å². The van der Waals surface area contributed by atoms with Crippen molar-refractivity contribution in [1.82, 2.24) is 4.57 Å². The van der Waals surface area contributed by atoms with Crippen molar-refractivity contribution in [3.05, 3.63) is 64.4 Å². The lowest BCUT2D eigenvalue weighted by Gasteiger charge is -2.05. The van der Waals surface area contributed by atoms with Crippen molar-refractivity contribution in [1.29, 1.82) is 0 Å². The van der Waals surface area contributed by atoms with Gasteiger partial charge >= 0.3 is 5.76 Å². The van der Waals surface area contributed by atoms with Gasteiger partial charge in [-0.2, -0.15) is 0 Å². The highest BCUT2D eigenvalue weighted by Crippen LogP contribution is 2.18. The zero-order valence-electron chi connectivity index (χ0n) is 9.97. The summed E-state index contributed by atoms with van der Waals surface area (Å²) >= 11 is 0. The van der Waals surface area contributed by atoms with Crippen molar-refractivity contribution in [2.24, 2.45) is 0 Å². The first-order chi connectivity index (χ1) is 9.16. The van der Waals surface area contributed by atoms with Crippen LogP contribution in [-0.2, 0) is 6.54 Å². The minimum atomic E-state index is -0.511. The minimum absolute atomic E-state index is 0.0679. The molecule has 0 saturated carbocycles. The number of rotatable bonds is 2. The summed E-state index contributed by atoms with van der Waals surface area (Å²) < 4.78 is 20.3.